The molecule has 2 unspecified atom stereocenters. The number of carbonyl (C=O) groups is 1. The highest BCUT2D eigenvalue weighted by atomic mass is 35.5. The molecule has 64 heavy (non-hydrogen) atoms. The standard InChI is InChI=1S/C49H52Cl2F2N10O/c50-41-29-58-45(25-43(41)56-27-31-5-1-9-35(52)21-31)60-39-11-3-7-33(23-39)47(62-17-13-37(54)14-18-62)49(64)48(63-19-15-38(55)16-20-63)34-8-4-12-40(24-34)61-46-26-44(42(51)30-59-46)57-28-32-6-2-10-36(53)22-32/h1-12,21-26,29-30,37-38,47-48H,13-20,27-28,54-55H2,(H2,56,58,60)(H2,57,59,61). The third kappa shape index (κ3) is 11.5. The minimum atomic E-state index is -0.585. The van der Waals surface area contributed by atoms with Crippen LogP contribution in [0.15, 0.2) is 122 Å². The highest BCUT2D eigenvalue weighted by Crippen LogP contribution is 2.37. The second-order valence-corrected chi connectivity index (χ2v) is 17.3. The fraction of sp³-hybridized carbons (Fsp3) is 0.286. The largest absolute Gasteiger partial charge is 0.380 e. The molecule has 2 saturated heterocycles. The fourth-order valence-electron chi connectivity index (χ4n) is 8.46. The van der Waals surface area contributed by atoms with Crippen LogP contribution in [0.2, 0.25) is 10.0 Å². The highest BCUT2D eigenvalue weighted by Gasteiger charge is 2.39. The molecule has 0 spiro atoms. The van der Waals surface area contributed by atoms with Crippen molar-refractivity contribution >= 4 is 63.4 Å². The van der Waals surface area contributed by atoms with Crippen molar-refractivity contribution < 1.29 is 13.6 Å². The molecule has 15 heteroatoms. The monoisotopic (exact) mass is 904 g/mol. The average molecular weight is 906 g/mol. The first-order valence-corrected chi connectivity index (χ1v) is 22.3. The van der Waals surface area contributed by atoms with Crippen LogP contribution in [0.5, 0.6) is 0 Å². The van der Waals surface area contributed by atoms with Gasteiger partial charge in [0.15, 0.2) is 5.78 Å². The number of pyridine rings is 2. The second kappa shape index (κ2) is 20.9. The van der Waals surface area contributed by atoms with Gasteiger partial charge < -0.3 is 32.7 Å². The van der Waals surface area contributed by atoms with Gasteiger partial charge in [0.2, 0.25) is 0 Å². The summed E-state index contributed by atoms with van der Waals surface area (Å²) in [4.78, 5) is 29.2. The quantitative estimate of drug-likeness (QED) is 0.0551. The summed E-state index contributed by atoms with van der Waals surface area (Å²) in [7, 11) is 0. The molecule has 2 aliphatic rings. The van der Waals surface area contributed by atoms with E-state index in [-0.39, 0.29) is 29.5 Å². The zero-order valence-corrected chi connectivity index (χ0v) is 36.8. The van der Waals surface area contributed by atoms with Gasteiger partial charge in [0.25, 0.3) is 0 Å². The zero-order chi connectivity index (χ0) is 44.6. The summed E-state index contributed by atoms with van der Waals surface area (Å²) in [6.07, 6.45) is 6.23. The lowest BCUT2D eigenvalue weighted by molar-refractivity contribution is -0.131. The van der Waals surface area contributed by atoms with Crippen molar-refractivity contribution in [3.05, 3.63) is 166 Å². The minimum absolute atomic E-state index is 0.0575. The number of nitrogens with two attached hydrogens (primary N) is 2. The van der Waals surface area contributed by atoms with Crippen molar-refractivity contribution in [2.24, 2.45) is 11.5 Å². The van der Waals surface area contributed by atoms with E-state index >= 15 is 4.79 Å². The molecule has 4 heterocycles. The van der Waals surface area contributed by atoms with Crippen LogP contribution in [0.1, 0.15) is 60.0 Å². The molecule has 2 aliphatic heterocycles. The number of ketones is 1. The Balaban J connectivity index is 1.07. The lowest BCUT2D eigenvalue weighted by Crippen LogP contribution is -2.49. The summed E-state index contributed by atoms with van der Waals surface area (Å²) in [5, 5.41) is 14.3. The SMILES string of the molecule is NC1CCN(C(C(=O)C(c2cccc(Nc3cc(NCc4cccc(F)c4)c(Cl)cn3)c2)N2CCC(N)CC2)c2cccc(Nc3cc(NCc4cccc(F)c4)c(Cl)cn3)c2)CC1. The lowest BCUT2D eigenvalue weighted by atomic mass is 9.88. The number of Topliss-reactive ketones (excluding diaryl/α,β-unsaturated/α-hetero) is 1. The molecular formula is C49H52Cl2F2N10O. The molecule has 6 aromatic rings. The number of aromatic nitrogens is 2. The van der Waals surface area contributed by atoms with Gasteiger partial charge in [-0.1, -0.05) is 71.7 Å². The van der Waals surface area contributed by atoms with Gasteiger partial charge in [-0.15, -0.1) is 0 Å². The first kappa shape index (κ1) is 44.9. The van der Waals surface area contributed by atoms with Gasteiger partial charge in [0.1, 0.15) is 23.3 Å². The van der Waals surface area contributed by atoms with E-state index < -0.39 is 12.1 Å². The van der Waals surface area contributed by atoms with Gasteiger partial charge in [-0.05, 0) is 96.5 Å². The number of piperidine rings is 2. The molecule has 2 fully saturated rings. The van der Waals surface area contributed by atoms with Crippen LogP contribution < -0.4 is 32.7 Å². The van der Waals surface area contributed by atoms with Gasteiger partial charge >= 0.3 is 0 Å². The maximum absolute atomic E-state index is 15.6. The van der Waals surface area contributed by atoms with E-state index in [1.807, 2.05) is 72.8 Å². The van der Waals surface area contributed by atoms with E-state index in [1.165, 1.54) is 24.3 Å². The third-order valence-electron chi connectivity index (χ3n) is 11.8. The van der Waals surface area contributed by atoms with Crippen molar-refractivity contribution in [1.82, 2.24) is 19.8 Å². The Morgan fingerprint density at radius 3 is 1.42 bits per heavy atom. The van der Waals surface area contributed by atoms with Crippen LogP contribution in [-0.2, 0) is 17.9 Å². The molecule has 8 rings (SSSR count). The van der Waals surface area contributed by atoms with Gasteiger partial charge in [-0.25, -0.2) is 18.7 Å². The van der Waals surface area contributed by atoms with Gasteiger partial charge in [0.05, 0.1) is 45.9 Å². The molecule has 0 bridgehead atoms. The maximum Gasteiger partial charge on any atom is 0.176 e. The number of carbonyl (C=O) groups excluding carboxylic acids is 1. The van der Waals surface area contributed by atoms with Crippen LogP contribution >= 0.6 is 23.2 Å². The second-order valence-electron chi connectivity index (χ2n) is 16.5. The summed E-state index contributed by atoms with van der Waals surface area (Å²) < 4.78 is 27.7. The summed E-state index contributed by atoms with van der Waals surface area (Å²) in [6.45, 7) is 3.43. The number of nitrogens with one attached hydrogen (secondary N) is 4. The minimum Gasteiger partial charge on any atom is -0.380 e. The maximum atomic E-state index is 15.6. The van der Waals surface area contributed by atoms with Crippen molar-refractivity contribution in [3.8, 4) is 0 Å². The number of anilines is 6. The lowest BCUT2D eigenvalue weighted by Gasteiger charge is -2.41. The summed E-state index contributed by atoms with van der Waals surface area (Å²) in [5.41, 5.74) is 18.9. The third-order valence-corrected chi connectivity index (χ3v) is 12.4. The summed E-state index contributed by atoms with van der Waals surface area (Å²) in [5.74, 6) is 0.540. The predicted molar refractivity (Wildman–Crippen MR) is 253 cm³/mol. The normalized spacial score (nSPS) is 16.2. The summed E-state index contributed by atoms with van der Waals surface area (Å²) >= 11 is 13.1. The summed E-state index contributed by atoms with van der Waals surface area (Å²) in [6, 6.07) is 31.2. The number of halogens is 4. The Morgan fingerprint density at radius 2 is 1.02 bits per heavy atom. The number of nitrogens with zero attached hydrogens (tertiary/aromatic N) is 4. The molecule has 0 aliphatic carbocycles. The van der Waals surface area contributed by atoms with Gasteiger partial charge in [-0.2, -0.15) is 0 Å². The fourth-order valence-corrected chi connectivity index (χ4v) is 8.80. The van der Waals surface area contributed by atoms with E-state index in [2.05, 4.69) is 41.0 Å². The average Bonchev–Trinajstić information content (AvgIpc) is 3.29. The highest BCUT2D eigenvalue weighted by molar-refractivity contribution is 6.33. The Bertz CT molecular complexity index is 2380. The zero-order valence-electron chi connectivity index (χ0n) is 35.3. The van der Waals surface area contributed by atoms with Crippen LogP contribution in [0, 0.1) is 11.6 Å². The first-order valence-electron chi connectivity index (χ1n) is 21.6. The number of rotatable bonds is 16. The topological polar surface area (TPSA) is 149 Å². The number of hydrogen-bond acceptors (Lipinski definition) is 11. The van der Waals surface area contributed by atoms with Crippen molar-refractivity contribution in [3.63, 3.8) is 0 Å². The molecule has 0 radical (unpaired) electrons. The van der Waals surface area contributed by atoms with Gasteiger partial charge in [-0.3, -0.25) is 14.6 Å². The van der Waals surface area contributed by atoms with Crippen molar-refractivity contribution in [2.75, 3.05) is 47.4 Å². The van der Waals surface area contributed by atoms with Crippen LogP contribution in [0.25, 0.3) is 0 Å². The Hall–Kier alpha value is -5.67. The molecule has 11 nitrogen and oxygen atoms in total. The van der Waals surface area contributed by atoms with E-state index in [0.29, 0.717) is 72.3 Å². The van der Waals surface area contributed by atoms with E-state index in [4.69, 9.17) is 34.7 Å². The smallest absolute Gasteiger partial charge is 0.176 e. The van der Waals surface area contributed by atoms with Gasteiger partial charge in [0, 0.05) is 74.9 Å². The molecular weight excluding hydrogens is 854 g/mol. The van der Waals surface area contributed by atoms with Crippen LogP contribution in [0.4, 0.5) is 43.2 Å². The molecule has 0 saturated carbocycles. The van der Waals surface area contributed by atoms with Crippen molar-refractivity contribution in [2.45, 2.75) is 62.9 Å². The number of hydrogen-bond donors (Lipinski definition) is 6. The van der Waals surface area contributed by atoms with E-state index in [0.717, 1.165) is 59.3 Å². The molecule has 2 aromatic heterocycles. The Kier molecular flexibility index (Phi) is 14.7. The van der Waals surface area contributed by atoms with Crippen molar-refractivity contribution in [1.29, 1.82) is 0 Å². The van der Waals surface area contributed by atoms with Crippen LogP contribution in [-0.4, -0.2) is 63.8 Å². The first-order chi connectivity index (χ1) is 31.0. The molecule has 4 aromatic carbocycles. The molecule has 8 N–H and O–H groups in total. The predicted octanol–water partition coefficient (Wildman–Crippen LogP) is 9.97. The Morgan fingerprint density at radius 1 is 0.609 bits per heavy atom. The Labute approximate surface area is 382 Å². The molecule has 332 valence electrons. The van der Waals surface area contributed by atoms with E-state index in [1.54, 1.807) is 24.5 Å². The van der Waals surface area contributed by atoms with Crippen LogP contribution in [0.3, 0.4) is 0 Å². The molecule has 2 atom stereocenters. The molecule has 0 amide bonds. The number of likely N-dealkylation sites (tertiary alicyclic amines) is 2. The number of benzene rings is 4. The van der Waals surface area contributed by atoms with E-state index in [9.17, 15) is 8.78 Å².